The Morgan fingerprint density at radius 3 is 2.59 bits per heavy atom. The van der Waals surface area contributed by atoms with Crippen molar-refractivity contribution in [3.8, 4) is 23.1 Å². The molecule has 2 aromatic carbocycles. The van der Waals surface area contributed by atoms with E-state index in [9.17, 15) is 15.4 Å². The van der Waals surface area contributed by atoms with Gasteiger partial charge in [-0.2, -0.15) is 5.26 Å². The highest BCUT2D eigenvalue weighted by molar-refractivity contribution is 5.79. The lowest BCUT2D eigenvalue weighted by Gasteiger charge is -2.18. The van der Waals surface area contributed by atoms with Crippen LogP contribution < -0.4 is 9.16 Å². The van der Waals surface area contributed by atoms with Crippen molar-refractivity contribution < 1.29 is 9.16 Å². The zero-order valence-electron chi connectivity index (χ0n) is 11.7. The first kappa shape index (κ1) is 13.6. The largest absolute Gasteiger partial charge is 0.805 e. The van der Waals surface area contributed by atoms with Crippen LogP contribution in [0.3, 0.4) is 0 Å². The van der Waals surface area contributed by atoms with Crippen LogP contribution in [0.2, 0.25) is 0 Å². The molecule has 0 aliphatic heterocycles. The molecule has 1 aromatic heterocycles. The molecule has 3 rings (SSSR count). The molecule has 1 heterocycles. The normalized spacial score (nSPS) is 10.4. The Morgan fingerprint density at radius 1 is 1.23 bits per heavy atom. The Hall–Kier alpha value is -3.33. The second-order valence-corrected chi connectivity index (χ2v) is 4.62. The van der Waals surface area contributed by atoms with E-state index in [0.717, 1.165) is 0 Å². The third-order valence-corrected chi connectivity index (χ3v) is 3.40. The lowest BCUT2D eigenvalue weighted by atomic mass is 10.1. The fraction of sp³-hybridized carbons (Fsp3) is 0.0625. The summed E-state index contributed by atoms with van der Waals surface area (Å²) >= 11 is 0. The maximum Gasteiger partial charge on any atom is 0.363 e. The number of fused-ring (bicyclic) bond motifs is 1. The van der Waals surface area contributed by atoms with Crippen LogP contribution in [-0.4, -0.2) is 11.8 Å². The van der Waals surface area contributed by atoms with E-state index in [1.807, 2.05) is 6.07 Å². The van der Waals surface area contributed by atoms with Gasteiger partial charge >= 0.3 is 5.69 Å². The van der Waals surface area contributed by atoms with Gasteiger partial charge in [0.2, 0.25) is 0 Å². The molecule has 0 fully saturated rings. The first-order valence-electron chi connectivity index (χ1n) is 6.49. The lowest BCUT2D eigenvalue weighted by Crippen LogP contribution is -2.24. The van der Waals surface area contributed by atoms with Gasteiger partial charge in [0.05, 0.1) is 11.5 Å². The summed E-state index contributed by atoms with van der Waals surface area (Å²) in [6, 6.07) is 15.0. The molecule has 0 saturated heterocycles. The molecule has 0 aliphatic carbocycles. The minimum atomic E-state index is -0.237. The zero-order chi connectivity index (χ0) is 15.7. The first-order valence-corrected chi connectivity index (χ1v) is 6.49. The fourth-order valence-electron chi connectivity index (χ4n) is 2.35. The van der Waals surface area contributed by atoms with Crippen LogP contribution in [0.1, 0.15) is 5.69 Å². The van der Waals surface area contributed by atoms with Gasteiger partial charge in [-0.15, -0.1) is 0 Å². The number of methoxy groups -OCH3 is 1. The van der Waals surface area contributed by atoms with Gasteiger partial charge in [-0.1, -0.05) is 30.3 Å². The van der Waals surface area contributed by atoms with E-state index < -0.39 is 0 Å². The van der Waals surface area contributed by atoms with Gasteiger partial charge in [0.25, 0.3) is 5.52 Å². The Kier molecular flexibility index (Phi) is 3.24. The average molecular weight is 293 g/mol. The number of benzene rings is 2. The quantitative estimate of drug-likeness (QED) is 0.679. The third-order valence-electron chi connectivity index (χ3n) is 3.40. The molecule has 3 aromatic rings. The Balaban J connectivity index is 2.49. The summed E-state index contributed by atoms with van der Waals surface area (Å²) in [6.07, 6.45) is 0. The van der Waals surface area contributed by atoms with Gasteiger partial charge in [-0.05, 0) is 6.07 Å². The third kappa shape index (κ3) is 1.96. The van der Waals surface area contributed by atoms with Crippen LogP contribution in [0.5, 0.6) is 5.75 Å². The van der Waals surface area contributed by atoms with Gasteiger partial charge < -0.3 is 14.7 Å². The van der Waals surface area contributed by atoms with E-state index in [2.05, 4.69) is 0 Å². The van der Waals surface area contributed by atoms with Gasteiger partial charge in [-0.3, -0.25) is 0 Å². The van der Waals surface area contributed by atoms with Crippen molar-refractivity contribution >= 4 is 11.0 Å². The molecular formula is C16H11N3O3. The van der Waals surface area contributed by atoms with E-state index in [1.54, 1.807) is 36.4 Å². The second kappa shape index (κ2) is 5.22. The lowest BCUT2D eigenvalue weighted by molar-refractivity contribution is -0.467. The summed E-state index contributed by atoms with van der Waals surface area (Å²) in [7, 11) is 1.48. The van der Waals surface area contributed by atoms with Crippen molar-refractivity contribution in [1.82, 2.24) is 4.73 Å². The van der Waals surface area contributed by atoms with Crippen LogP contribution in [0.15, 0.2) is 48.5 Å². The van der Waals surface area contributed by atoms with Gasteiger partial charge in [0, 0.05) is 22.6 Å². The molecule has 22 heavy (non-hydrogen) atoms. The Bertz CT molecular complexity index is 956. The number of nitriles is 1. The van der Waals surface area contributed by atoms with Gasteiger partial charge in [-0.25, -0.2) is 0 Å². The van der Waals surface area contributed by atoms with Crippen molar-refractivity contribution in [2.45, 2.75) is 0 Å². The smallest absolute Gasteiger partial charge is 0.363 e. The van der Waals surface area contributed by atoms with E-state index in [0.29, 0.717) is 20.5 Å². The standard InChI is InChI=1S/C16H11N3O3/c1-22-12-7-8-13-14(9-12)19(21)16(15(10-17)18(13)20)11-5-3-2-4-6-11/h2-9H,1H3. The van der Waals surface area contributed by atoms with Gasteiger partial charge in [0.15, 0.2) is 6.07 Å². The predicted octanol–water partition coefficient (Wildman–Crippen LogP) is 2.45. The highest BCUT2D eigenvalue weighted by Gasteiger charge is 2.23. The molecule has 6 nitrogen and oxygen atoms in total. The van der Waals surface area contributed by atoms with Crippen molar-refractivity contribution in [3.05, 3.63) is 64.3 Å². The predicted molar refractivity (Wildman–Crippen MR) is 80.8 cm³/mol. The van der Waals surface area contributed by atoms with E-state index in [4.69, 9.17) is 4.74 Å². The fourth-order valence-corrected chi connectivity index (χ4v) is 2.35. The Labute approximate surface area is 125 Å². The van der Waals surface area contributed by atoms with Crippen molar-refractivity contribution in [3.63, 3.8) is 0 Å². The molecule has 0 amide bonds. The van der Waals surface area contributed by atoms with Crippen LogP contribution in [-0.2, 0) is 0 Å². The van der Waals surface area contributed by atoms with Crippen molar-refractivity contribution in [2.24, 2.45) is 0 Å². The number of ether oxygens (including phenoxy) is 1. The summed E-state index contributed by atoms with van der Waals surface area (Å²) < 4.78 is 6.17. The second-order valence-electron chi connectivity index (χ2n) is 4.62. The molecule has 0 bridgehead atoms. The molecule has 0 N–H and O–H groups in total. The summed E-state index contributed by atoms with van der Waals surface area (Å²) in [5.41, 5.74) is 0.556. The van der Waals surface area contributed by atoms with E-state index >= 15 is 0 Å². The highest BCUT2D eigenvalue weighted by Crippen LogP contribution is 2.26. The molecule has 0 aliphatic rings. The summed E-state index contributed by atoms with van der Waals surface area (Å²) in [6.45, 7) is 0. The van der Waals surface area contributed by atoms with Crippen molar-refractivity contribution in [1.29, 1.82) is 5.26 Å². The molecule has 108 valence electrons. The first-order chi connectivity index (χ1) is 10.7. The highest BCUT2D eigenvalue weighted by atomic mass is 16.5. The van der Waals surface area contributed by atoms with Crippen LogP contribution in [0.25, 0.3) is 22.3 Å². The topological polar surface area (TPSA) is 84.0 Å². The van der Waals surface area contributed by atoms with Crippen LogP contribution in [0.4, 0.5) is 0 Å². The zero-order valence-corrected chi connectivity index (χ0v) is 11.7. The van der Waals surface area contributed by atoms with E-state index in [1.165, 1.54) is 19.2 Å². The molecule has 0 spiro atoms. The molecule has 6 heteroatoms. The van der Waals surface area contributed by atoms with Crippen LogP contribution in [0, 0.1) is 21.4 Å². The van der Waals surface area contributed by atoms with Gasteiger partial charge in [0.1, 0.15) is 17.0 Å². The minimum Gasteiger partial charge on any atom is -0.805 e. The van der Waals surface area contributed by atoms with Crippen molar-refractivity contribution in [2.75, 3.05) is 7.11 Å². The SMILES string of the molecule is COc1ccc2c(c1)n([O-])c(-c1ccccc1)c(C#N)[n+]2=O. The summed E-state index contributed by atoms with van der Waals surface area (Å²) in [5, 5.41) is 22.0. The van der Waals surface area contributed by atoms with Crippen LogP contribution >= 0.6 is 0 Å². The number of hydrogen-bond acceptors (Lipinski definition) is 4. The molecule has 0 atom stereocenters. The molecule has 0 radical (unpaired) electrons. The minimum absolute atomic E-state index is 0.0267. The molecule has 0 saturated carbocycles. The molecule has 0 unspecified atom stereocenters. The number of aromatic nitrogens is 2. The number of hydrogen-bond donors (Lipinski definition) is 0. The summed E-state index contributed by atoms with van der Waals surface area (Å²) in [5.74, 6) is 0.459. The van der Waals surface area contributed by atoms with E-state index in [-0.39, 0.29) is 22.4 Å². The summed E-state index contributed by atoms with van der Waals surface area (Å²) in [4.78, 5) is 12.4. The number of rotatable bonds is 2. The monoisotopic (exact) mass is 293 g/mol. The maximum absolute atomic E-state index is 12.7. The molecular weight excluding hydrogens is 282 g/mol. The maximum atomic E-state index is 12.7. The number of nitrogens with zero attached hydrogens (tertiary/aromatic N) is 3. The average Bonchev–Trinajstić information content (AvgIpc) is 2.58. The Morgan fingerprint density at radius 2 is 1.95 bits per heavy atom.